The summed E-state index contributed by atoms with van der Waals surface area (Å²) in [6.07, 6.45) is 1.61. The Balaban J connectivity index is 2.68. The first kappa shape index (κ1) is 11.9. The van der Waals surface area contributed by atoms with Gasteiger partial charge in [0.1, 0.15) is 0 Å². The third-order valence-electron chi connectivity index (χ3n) is 2.72. The monoisotopic (exact) mass is 231 g/mol. The summed E-state index contributed by atoms with van der Waals surface area (Å²) in [7, 11) is 0. The number of nitriles is 1. The van der Waals surface area contributed by atoms with E-state index in [1.807, 2.05) is 60.7 Å². The third-order valence-corrected chi connectivity index (χ3v) is 2.72. The summed E-state index contributed by atoms with van der Waals surface area (Å²) in [5.41, 5.74) is 3.57. The summed E-state index contributed by atoms with van der Waals surface area (Å²) in [5, 5.41) is 9.24. The molecule has 0 aliphatic carbocycles. The second kappa shape index (κ2) is 5.65. The van der Waals surface area contributed by atoms with Crippen molar-refractivity contribution < 1.29 is 0 Å². The average molecular weight is 231 g/mol. The fourth-order valence-corrected chi connectivity index (χ4v) is 1.89. The minimum Gasteiger partial charge on any atom is -0.192 e. The van der Waals surface area contributed by atoms with Crippen molar-refractivity contribution in [3.05, 3.63) is 90.0 Å². The summed E-state index contributed by atoms with van der Waals surface area (Å²) in [6, 6.07) is 22.0. The molecule has 0 aliphatic heterocycles. The van der Waals surface area contributed by atoms with Gasteiger partial charge in [-0.05, 0) is 11.1 Å². The second-order valence-corrected chi connectivity index (χ2v) is 3.84. The van der Waals surface area contributed by atoms with Crippen molar-refractivity contribution in [3.63, 3.8) is 0 Å². The van der Waals surface area contributed by atoms with Crippen molar-refractivity contribution in [2.45, 2.75) is 0 Å². The smallest absolute Gasteiger partial charge is 0.0998 e. The van der Waals surface area contributed by atoms with Crippen LogP contribution in [-0.2, 0) is 0 Å². The average Bonchev–Trinajstić information content (AvgIpc) is 2.46. The minimum atomic E-state index is 0.590. The first-order valence-corrected chi connectivity index (χ1v) is 5.74. The fourth-order valence-electron chi connectivity index (χ4n) is 1.89. The van der Waals surface area contributed by atoms with Gasteiger partial charge in [0.25, 0.3) is 0 Å². The highest BCUT2D eigenvalue weighted by Crippen LogP contribution is 2.26. The van der Waals surface area contributed by atoms with Crippen LogP contribution in [0.3, 0.4) is 0 Å². The Morgan fingerprint density at radius 2 is 1.33 bits per heavy atom. The van der Waals surface area contributed by atoms with Gasteiger partial charge in [-0.25, -0.2) is 0 Å². The van der Waals surface area contributed by atoms with Gasteiger partial charge in [-0.2, -0.15) is 5.26 Å². The highest BCUT2D eigenvalue weighted by atomic mass is 14.3. The molecule has 0 saturated heterocycles. The molecule has 0 N–H and O–H groups in total. The Bertz CT molecular complexity index is 560. The van der Waals surface area contributed by atoms with Crippen molar-refractivity contribution in [3.8, 4) is 6.07 Å². The van der Waals surface area contributed by atoms with Gasteiger partial charge < -0.3 is 0 Å². The zero-order valence-corrected chi connectivity index (χ0v) is 10.0. The van der Waals surface area contributed by atoms with E-state index in [0.717, 1.165) is 16.7 Å². The quantitative estimate of drug-likeness (QED) is 0.573. The van der Waals surface area contributed by atoms with E-state index in [9.17, 15) is 5.26 Å². The van der Waals surface area contributed by atoms with Gasteiger partial charge in [0.2, 0.25) is 0 Å². The van der Waals surface area contributed by atoms with E-state index >= 15 is 0 Å². The molecule has 0 saturated carbocycles. The zero-order valence-electron chi connectivity index (χ0n) is 10.0. The number of hydrogen-bond donors (Lipinski definition) is 0. The third kappa shape index (κ3) is 2.39. The van der Waals surface area contributed by atoms with Crippen molar-refractivity contribution in [1.29, 1.82) is 5.26 Å². The van der Waals surface area contributed by atoms with Crippen LogP contribution >= 0.6 is 0 Å². The van der Waals surface area contributed by atoms with Crippen LogP contribution in [0.2, 0.25) is 0 Å². The van der Waals surface area contributed by atoms with Crippen molar-refractivity contribution >= 4 is 5.57 Å². The normalized spacial score (nSPS) is 9.28. The zero-order chi connectivity index (χ0) is 12.8. The van der Waals surface area contributed by atoms with Crippen LogP contribution in [0.1, 0.15) is 11.1 Å². The Morgan fingerprint density at radius 3 is 1.67 bits per heavy atom. The molecule has 0 radical (unpaired) electrons. The lowest BCUT2D eigenvalue weighted by Crippen LogP contribution is -1.91. The van der Waals surface area contributed by atoms with Gasteiger partial charge in [0, 0.05) is 5.57 Å². The molecule has 0 aromatic heterocycles. The molecular weight excluding hydrogens is 218 g/mol. The maximum atomic E-state index is 9.24. The van der Waals surface area contributed by atoms with Crippen LogP contribution in [-0.4, -0.2) is 0 Å². The summed E-state index contributed by atoms with van der Waals surface area (Å²) >= 11 is 0. The van der Waals surface area contributed by atoms with Gasteiger partial charge in [0.15, 0.2) is 0 Å². The Morgan fingerprint density at radius 1 is 0.889 bits per heavy atom. The lowest BCUT2D eigenvalue weighted by atomic mass is 9.93. The first-order valence-electron chi connectivity index (χ1n) is 5.74. The molecule has 2 aromatic carbocycles. The van der Waals surface area contributed by atoms with E-state index in [1.54, 1.807) is 6.08 Å². The molecule has 0 spiro atoms. The first-order chi connectivity index (χ1) is 8.86. The van der Waals surface area contributed by atoms with Crippen LogP contribution in [0.5, 0.6) is 0 Å². The van der Waals surface area contributed by atoms with Gasteiger partial charge >= 0.3 is 0 Å². The van der Waals surface area contributed by atoms with Gasteiger partial charge in [-0.3, -0.25) is 0 Å². The topological polar surface area (TPSA) is 23.8 Å². The van der Waals surface area contributed by atoms with Crippen LogP contribution in [0.4, 0.5) is 0 Å². The molecule has 0 aliphatic rings. The van der Waals surface area contributed by atoms with E-state index < -0.39 is 0 Å². The van der Waals surface area contributed by atoms with Crippen molar-refractivity contribution in [1.82, 2.24) is 0 Å². The SMILES string of the molecule is C=CC(C#N)=C(c1ccccc1)c1ccccc1. The lowest BCUT2D eigenvalue weighted by molar-refractivity contribution is 1.47. The highest BCUT2D eigenvalue weighted by Gasteiger charge is 2.08. The summed E-state index contributed by atoms with van der Waals surface area (Å²) < 4.78 is 0. The molecule has 1 nitrogen and oxygen atoms in total. The maximum Gasteiger partial charge on any atom is 0.0998 e. The number of hydrogen-bond acceptors (Lipinski definition) is 1. The van der Waals surface area contributed by atoms with Crippen LogP contribution in [0.15, 0.2) is 78.9 Å². The van der Waals surface area contributed by atoms with Gasteiger partial charge in [0.05, 0.1) is 11.6 Å². The number of benzene rings is 2. The van der Waals surface area contributed by atoms with E-state index in [4.69, 9.17) is 0 Å². The molecule has 0 bridgehead atoms. The molecular formula is C17H13N. The molecule has 18 heavy (non-hydrogen) atoms. The number of nitrogens with zero attached hydrogens (tertiary/aromatic N) is 1. The van der Waals surface area contributed by atoms with Crippen LogP contribution < -0.4 is 0 Å². The van der Waals surface area contributed by atoms with E-state index in [2.05, 4.69) is 12.6 Å². The number of rotatable bonds is 3. The molecule has 2 rings (SSSR count). The summed E-state index contributed by atoms with van der Waals surface area (Å²) in [5.74, 6) is 0. The summed E-state index contributed by atoms with van der Waals surface area (Å²) in [6.45, 7) is 3.72. The molecule has 0 amide bonds. The van der Waals surface area contributed by atoms with Crippen LogP contribution in [0, 0.1) is 11.3 Å². The van der Waals surface area contributed by atoms with Gasteiger partial charge in [-0.1, -0.05) is 73.3 Å². The Kier molecular flexibility index (Phi) is 3.73. The lowest BCUT2D eigenvalue weighted by Gasteiger charge is -2.09. The minimum absolute atomic E-state index is 0.590. The van der Waals surface area contributed by atoms with Crippen molar-refractivity contribution in [2.24, 2.45) is 0 Å². The molecule has 1 heteroatoms. The van der Waals surface area contributed by atoms with E-state index in [0.29, 0.717) is 5.57 Å². The van der Waals surface area contributed by atoms with E-state index in [1.165, 1.54) is 0 Å². The molecule has 86 valence electrons. The molecule has 0 heterocycles. The standard InChI is InChI=1S/C17H13N/c1-2-14(13-18)17(15-9-5-3-6-10-15)16-11-7-4-8-12-16/h2-12H,1H2. The Labute approximate surface area is 107 Å². The Hall–Kier alpha value is -2.59. The largest absolute Gasteiger partial charge is 0.192 e. The van der Waals surface area contributed by atoms with Gasteiger partial charge in [-0.15, -0.1) is 0 Å². The molecule has 0 fully saturated rings. The van der Waals surface area contributed by atoms with E-state index in [-0.39, 0.29) is 0 Å². The summed E-state index contributed by atoms with van der Waals surface area (Å²) in [4.78, 5) is 0. The molecule has 0 atom stereocenters. The van der Waals surface area contributed by atoms with Crippen molar-refractivity contribution in [2.75, 3.05) is 0 Å². The predicted molar refractivity (Wildman–Crippen MR) is 74.7 cm³/mol. The highest BCUT2D eigenvalue weighted by molar-refractivity contribution is 5.85. The predicted octanol–water partition coefficient (Wildman–Crippen LogP) is 4.20. The van der Waals surface area contributed by atoms with Crippen LogP contribution in [0.25, 0.3) is 5.57 Å². The molecule has 2 aromatic rings. The number of allylic oxidation sites excluding steroid dienone is 2. The second-order valence-electron chi connectivity index (χ2n) is 3.84. The fraction of sp³-hybridized carbons (Fsp3) is 0. The maximum absolute atomic E-state index is 9.24. The molecule has 0 unspecified atom stereocenters.